The lowest BCUT2D eigenvalue weighted by atomic mass is 9.87. The van der Waals surface area contributed by atoms with Crippen LogP contribution in [-0.2, 0) is 11.2 Å². The number of aliphatic carboxylic acids is 1. The van der Waals surface area contributed by atoms with Crippen LogP contribution in [0.25, 0.3) is 11.1 Å². The maximum Gasteiger partial charge on any atom is 0.341 e. The van der Waals surface area contributed by atoms with Gasteiger partial charge in [0.05, 0.1) is 5.69 Å². The number of ether oxygens (including phenoxy) is 1. The summed E-state index contributed by atoms with van der Waals surface area (Å²) in [6.07, 6.45) is 0.903. The van der Waals surface area contributed by atoms with E-state index >= 15 is 0 Å². The molecule has 0 saturated carbocycles. The Labute approximate surface area is 204 Å². The average Bonchev–Trinajstić information content (AvgIpc) is 3.17. The van der Waals surface area contributed by atoms with Crippen molar-refractivity contribution in [3.8, 4) is 16.9 Å². The van der Waals surface area contributed by atoms with E-state index in [4.69, 9.17) is 9.84 Å². The predicted octanol–water partition coefficient (Wildman–Crippen LogP) is 7.09. The topological polar surface area (TPSA) is 49.8 Å². The summed E-state index contributed by atoms with van der Waals surface area (Å²) in [5, 5.41) is 8.87. The van der Waals surface area contributed by atoms with E-state index in [-0.39, 0.29) is 12.4 Å². The Morgan fingerprint density at radius 2 is 1.88 bits per heavy atom. The van der Waals surface area contributed by atoms with E-state index in [0.29, 0.717) is 17.6 Å². The molecule has 0 fully saturated rings. The fraction of sp³-hybridized carbons (Fsp3) is 0.321. The monoisotopic (exact) mass is 479 g/mol. The second-order valence-electron chi connectivity index (χ2n) is 9.05. The molecule has 4 rings (SSSR count). The molecule has 0 aliphatic carbocycles. The number of carboxylic acid groups (broad SMARTS) is 1. The van der Waals surface area contributed by atoms with E-state index in [2.05, 4.69) is 37.2 Å². The summed E-state index contributed by atoms with van der Waals surface area (Å²) < 4.78 is 21.3. The molecular weight excluding hydrogens is 449 g/mol. The van der Waals surface area contributed by atoms with Crippen molar-refractivity contribution in [1.29, 1.82) is 0 Å². The van der Waals surface area contributed by atoms with Crippen molar-refractivity contribution >= 4 is 23.6 Å². The summed E-state index contributed by atoms with van der Waals surface area (Å²) in [6, 6.07) is 17.1. The van der Waals surface area contributed by atoms with Gasteiger partial charge in [-0.25, -0.2) is 9.18 Å². The zero-order valence-electron chi connectivity index (χ0n) is 20.0. The second kappa shape index (κ2) is 10.1. The largest absolute Gasteiger partial charge is 0.482 e. The van der Waals surface area contributed by atoms with E-state index in [0.717, 1.165) is 34.6 Å². The van der Waals surface area contributed by atoms with E-state index in [1.807, 2.05) is 37.3 Å². The standard InChI is InChI=1S/C28H30FNO3S/c1-5-19-13-21(20-6-8-22(29)9-7-20)14-24-25(17(2)3)15-30(28(19)24)34-23-10-11-26(18(4)12-23)33-16-27(31)32/h6-14,17,25H,5,15-16H2,1-4H3,(H,31,32). The van der Waals surface area contributed by atoms with Gasteiger partial charge < -0.3 is 14.1 Å². The summed E-state index contributed by atoms with van der Waals surface area (Å²) >= 11 is 1.71. The highest BCUT2D eigenvalue weighted by Crippen LogP contribution is 2.49. The van der Waals surface area contributed by atoms with Crippen LogP contribution in [0.3, 0.4) is 0 Å². The Hall–Kier alpha value is -2.99. The molecule has 0 amide bonds. The van der Waals surface area contributed by atoms with Crippen LogP contribution in [0.15, 0.2) is 59.5 Å². The molecule has 34 heavy (non-hydrogen) atoms. The van der Waals surface area contributed by atoms with E-state index in [1.165, 1.54) is 28.9 Å². The molecule has 0 aromatic heterocycles. The molecule has 0 spiro atoms. The lowest BCUT2D eigenvalue weighted by Crippen LogP contribution is -2.16. The molecule has 3 aromatic carbocycles. The van der Waals surface area contributed by atoms with E-state index in [1.54, 1.807) is 11.9 Å². The van der Waals surface area contributed by atoms with Crippen LogP contribution in [-0.4, -0.2) is 24.2 Å². The van der Waals surface area contributed by atoms with Crippen molar-refractivity contribution in [3.63, 3.8) is 0 Å². The fourth-order valence-electron chi connectivity index (χ4n) is 4.51. The minimum atomic E-state index is -0.988. The first kappa shape index (κ1) is 24.1. The Morgan fingerprint density at radius 1 is 1.15 bits per heavy atom. The first-order chi connectivity index (χ1) is 16.3. The molecule has 1 atom stereocenters. The van der Waals surface area contributed by atoms with Crippen LogP contribution in [0, 0.1) is 18.7 Å². The molecule has 1 aliphatic rings. The predicted molar refractivity (Wildman–Crippen MR) is 136 cm³/mol. The average molecular weight is 480 g/mol. The summed E-state index contributed by atoms with van der Waals surface area (Å²) in [5.74, 6) is 0.252. The highest BCUT2D eigenvalue weighted by molar-refractivity contribution is 8.00. The van der Waals surface area contributed by atoms with Gasteiger partial charge in [0.15, 0.2) is 6.61 Å². The maximum atomic E-state index is 13.5. The highest BCUT2D eigenvalue weighted by atomic mass is 32.2. The first-order valence-corrected chi connectivity index (χ1v) is 12.4. The molecule has 0 bridgehead atoms. The molecule has 1 N–H and O–H groups in total. The van der Waals surface area contributed by atoms with Crippen LogP contribution < -0.4 is 9.04 Å². The number of carboxylic acids is 1. The van der Waals surface area contributed by atoms with Crippen molar-refractivity contribution in [2.75, 3.05) is 17.5 Å². The Kier molecular flexibility index (Phi) is 7.17. The number of nitrogens with zero attached hydrogens (tertiary/aromatic N) is 1. The van der Waals surface area contributed by atoms with Gasteiger partial charge in [-0.2, -0.15) is 0 Å². The summed E-state index contributed by atoms with van der Waals surface area (Å²) in [7, 11) is 0. The van der Waals surface area contributed by atoms with Crippen LogP contribution in [0.5, 0.6) is 5.75 Å². The number of anilines is 1. The number of aryl methyl sites for hydroxylation is 2. The Bertz CT molecular complexity index is 1190. The summed E-state index contributed by atoms with van der Waals surface area (Å²) in [4.78, 5) is 11.9. The van der Waals surface area contributed by atoms with Crippen LogP contribution in [0.4, 0.5) is 10.1 Å². The van der Waals surface area contributed by atoms with Gasteiger partial charge in [-0.15, -0.1) is 0 Å². The number of hydrogen-bond donors (Lipinski definition) is 1. The first-order valence-electron chi connectivity index (χ1n) is 11.6. The molecule has 6 heteroatoms. The van der Waals surface area contributed by atoms with Gasteiger partial charge >= 0.3 is 5.97 Å². The maximum absolute atomic E-state index is 13.5. The van der Waals surface area contributed by atoms with Crippen molar-refractivity contribution < 1.29 is 19.0 Å². The SMILES string of the molecule is CCc1cc(-c2ccc(F)cc2)cc2c1N(Sc1ccc(OCC(=O)O)c(C)c1)CC2C(C)C. The van der Waals surface area contributed by atoms with Crippen molar-refractivity contribution in [3.05, 3.63) is 77.1 Å². The molecule has 1 aliphatic heterocycles. The van der Waals surface area contributed by atoms with Crippen molar-refractivity contribution in [1.82, 2.24) is 0 Å². The second-order valence-corrected chi connectivity index (χ2v) is 10.1. The third-order valence-corrected chi connectivity index (χ3v) is 7.32. The summed E-state index contributed by atoms with van der Waals surface area (Å²) in [5.41, 5.74) is 6.98. The van der Waals surface area contributed by atoms with Gasteiger partial charge in [-0.1, -0.05) is 32.9 Å². The third-order valence-electron chi connectivity index (χ3n) is 6.31. The van der Waals surface area contributed by atoms with Gasteiger partial charge in [0.2, 0.25) is 0 Å². The zero-order valence-corrected chi connectivity index (χ0v) is 20.8. The van der Waals surface area contributed by atoms with Crippen LogP contribution in [0.2, 0.25) is 0 Å². The number of rotatable bonds is 8. The molecule has 1 heterocycles. The van der Waals surface area contributed by atoms with E-state index < -0.39 is 5.97 Å². The lowest BCUT2D eigenvalue weighted by Gasteiger charge is -2.22. The zero-order chi connectivity index (χ0) is 24.4. The normalized spacial score (nSPS) is 15.0. The molecule has 3 aromatic rings. The summed E-state index contributed by atoms with van der Waals surface area (Å²) in [6.45, 7) is 9.19. The number of carbonyl (C=O) groups is 1. The minimum absolute atomic E-state index is 0.224. The molecule has 178 valence electrons. The van der Waals surface area contributed by atoms with Gasteiger partial charge in [-0.05, 0) is 101 Å². The van der Waals surface area contributed by atoms with Crippen molar-refractivity contribution in [2.45, 2.75) is 44.9 Å². The molecular formula is C28H30FNO3S. The quantitative estimate of drug-likeness (QED) is 0.349. The third kappa shape index (κ3) is 5.07. The molecule has 1 unspecified atom stereocenters. The van der Waals surface area contributed by atoms with Gasteiger partial charge in [0, 0.05) is 17.4 Å². The minimum Gasteiger partial charge on any atom is -0.482 e. The number of fused-ring (bicyclic) bond motifs is 1. The van der Waals surface area contributed by atoms with Gasteiger partial charge in [0.1, 0.15) is 11.6 Å². The number of benzene rings is 3. The lowest BCUT2D eigenvalue weighted by molar-refractivity contribution is -0.139. The van der Waals surface area contributed by atoms with Crippen molar-refractivity contribution in [2.24, 2.45) is 5.92 Å². The number of halogens is 1. The molecule has 0 radical (unpaired) electrons. The van der Waals surface area contributed by atoms with Gasteiger partial charge in [-0.3, -0.25) is 0 Å². The number of hydrogen-bond acceptors (Lipinski definition) is 4. The smallest absolute Gasteiger partial charge is 0.341 e. The van der Waals surface area contributed by atoms with Crippen LogP contribution >= 0.6 is 11.9 Å². The highest BCUT2D eigenvalue weighted by Gasteiger charge is 2.33. The molecule has 0 saturated heterocycles. The van der Waals surface area contributed by atoms with Crippen LogP contribution in [0.1, 0.15) is 43.4 Å². The van der Waals surface area contributed by atoms with Gasteiger partial charge in [0.25, 0.3) is 0 Å². The fourth-order valence-corrected chi connectivity index (χ4v) is 5.67. The van der Waals surface area contributed by atoms with E-state index in [9.17, 15) is 9.18 Å². The molecule has 4 nitrogen and oxygen atoms in total. The Balaban J connectivity index is 1.67. The Morgan fingerprint density at radius 3 is 2.50 bits per heavy atom.